The Bertz CT molecular complexity index is 526. The zero-order valence-electron chi connectivity index (χ0n) is 10.2. The molecule has 0 aliphatic carbocycles. The molecule has 0 saturated carbocycles. The third kappa shape index (κ3) is 2.35. The van der Waals surface area contributed by atoms with Crippen LogP contribution >= 0.6 is 0 Å². The molecule has 1 heterocycles. The van der Waals surface area contributed by atoms with E-state index in [2.05, 4.69) is 0 Å². The lowest BCUT2D eigenvalue weighted by Crippen LogP contribution is -2.43. The van der Waals surface area contributed by atoms with Crippen LogP contribution in [0.25, 0.3) is 0 Å². The van der Waals surface area contributed by atoms with Crippen LogP contribution in [0.4, 0.5) is 22.0 Å². The van der Waals surface area contributed by atoms with E-state index in [-0.39, 0.29) is 19.1 Å². The van der Waals surface area contributed by atoms with Crippen molar-refractivity contribution in [3.8, 4) is 0 Å². The van der Waals surface area contributed by atoms with Gasteiger partial charge < -0.3 is 10.6 Å². The topological polar surface area (TPSA) is 46.3 Å². The molecule has 0 bridgehead atoms. The summed E-state index contributed by atoms with van der Waals surface area (Å²) in [4.78, 5) is 12.9. The molecule has 2 N–H and O–H groups in total. The molecule has 0 unspecified atom stereocenters. The average Bonchev–Trinajstić information content (AvgIpc) is 2.44. The fourth-order valence-electron chi connectivity index (χ4n) is 2.05. The van der Waals surface area contributed by atoms with Gasteiger partial charge in [-0.3, -0.25) is 4.79 Å². The monoisotopic (exact) mass is 294 g/mol. The number of carbonyl (C=O) groups excluding carboxylic acids is 1. The normalized spacial score (nSPS) is 16.6. The third-order valence-corrected chi connectivity index (χ3v) is 3.25. The maximum atomic E-state index is 13.5. The maximum Gasteiger partial charge on any atom is 0.260 e. The lowest BCUT2D eigenvalue weighted by molar-refractivity contribution is 0.0701. The third-order valence-electron chi connectivity index (χ3n) is 3.25. The van der Waals surface area contributed by atoms with Crippen LogP contribution in [0.15, 0.2) is 0 Å². The van der Waals surface area contributed by atoms with Gasteiger partial charge in [0.05, 0.1) is 0 Å². The lowest BCUT2D eigenvalue weighted by Gasteiger charge is -2.30. The van der Waals surface area contributed by atoms with Gasteiger partial charge >= 0.3 is 0 Å². The van der Waals surface area contributed by atoms with E-state index in [1.54, 1.807) is 0 Å². The van der Waals surface area contributed by atoms with Crippen LogP contribution in [-0.2, 0) is 0 Å². The molecule has 0 spiro atoms. The Balaban J connectivity index is 2.40. The maximum absolute atomic E-state index is 13.5. The van der Waals surface area contributed by atoms with Gasteiger partial charge in [0.2, 0.25) is 5.82 Å². The summed E-state index contributed by atoms with van der Waals surface area (Å²) in [5, 5.41) is 0. The van der Waals surface area contributed by atoms with E-state index in [1.165, 1.54) is 0 Å². The molecule has 8 heteroatoms. The molecule has 0 atom stereocenters. The Labute approximate surface area is 111 Å². The summed E-state index contributed by atoms with van der Waals surface area (Å²) in [5.74, 6) is -12.0. The van der Waals surface area contributed by atoms with Gasteiger partial charge in [0.15, 0.2) is 23.3 Å². The van der Waals surface area contributed by atoms with Gasteiger partial charge in [-0.1, -0.05) is 0 Å². The van der Waals surface area contributed by atoms with Crippen LogP contribution in [0, 0.1) is 29.1 Å². The number of halogens is 5. The number of carbonyl (C=O) groups is 1. The van der Waals surface area contributed by atoms with Gasteiger partial charge in [-0.25, -0.2) is 22.0 Å². The van der Waals surface area contributed by atoms with Crippen molar-refractivity contribution in [1.29, 1.82) is 0 Å². The van der Waals surface area contributed by atoms with Crippen LogP contribution in [0.5, 0.6) is 0 Å². The van der Waals surface area contributed by atoms with E-state index in [0.717, 1.165) is 4.90 Å². The number of nitrogens with two attached hydrogens (primary N) is 1. The Morgan fingerprint density at radius 3 is 1.75 bits per heavy atom. The van der Waals surface area contributed by atoms with Gasteiger partial charge in [-0.2, -0.15) is 0 Å². The fourth-order valence-corrected chi connectivity index (χ4v) is 2.05. The van der Waals surface area contributed by atoms with E-state index in [0.29, 0.717) is 12.8 Å². The molecular formula is C12H11F5N2O. The summed E-state index contributed by atoms with van der Waals surface area (Å²) in [5.41, 5.74) is 4.19. The minimum absolute atomic E-state index is 0.111. The van der Waals surface area contributed by atoms with Crippen molar-refractivity contribution < 1.29 is 26.7 Å². The summed E-state index contributed by atoms with van der Waals surface area (Å²) in [7, 11) is 0. The highest BCUT2D eigenvalue weighted by Gasteiger charge is 2.33. The standard InChI is InChI=1S/C12H11F5N2O/c13-7-6(8(14)10(16)11(17)9(7)15)12(20)19-3-1-5(18)2-4-19/h5H,1-4,18H2. The van der Waals surface area contributed by atoms with Crippen molar-refractivity contribution in [1.82, 2.24) is 4.90 Å². The van der Waals surface area contributed by atoms with Gasteiger partial charge in [-0.15, -0.1) is 0 Å². The highest BCUT2D eigenvalue weighted by Crippen LogP contribution is 2.25. The van der Waals surface area contributed by atoms with Gasteiger partial charge in [0.1, 0.15) is 5.56 Å². The van der Waals surface area contributed by atoms with Gasteiger partial charge in [0, 0.05) is 19.1 Å². The molecule has 0 radical (unpaired) electrons. The summed E-state index contributed by atoms with van der Waals surface area (Å²) in [6.07, 6.45) is 0.808. The highest BCUT2D eigenvalue weighted by molar-refractivity contribution is 5.95. The Morgan fingerprint density at radius 2 is 1.30 bits per heavy atom. The molecule has 2 rings (SSSR count). The van der Waals surface area contributed by atoms with E-state index in [1.807, 2.05) is 0 Å². The van der Waals surface area contributed by atoms with Crippen LogP contribution in [-0.4, -0.2) is 29.9 Å². The number of rotatable bonds is 1. The van der Waals surface area contributed by atoms with E-state index in [4.69, 9.17) is 5.73 Å². The number of likely N-dealkylation sites (tertiary alicyclic amines) is 1. The fraction of sp³-hybridized carbons (Fsp3) is 0.417. The smallest absolute Gasteiger partial charge is 0.260 e. The Hall–Kier alpha value is -1.70. The van der Waals surface area contributed by atoms with Crippen LogP contribution < -0.4 is 5.73 Å². The van der Waals surface area contributed by atoms with Crippen LogP contribution in [0.1, 0.15) is 23.2 Å². The van der Waals surface area contributed by atoms with Crippen molar-refractivity contribution in [2.75, 3.05) is 13.1 Å². The minimum Gasteiger partial charge on any atom is -0.338 e. The van der Waals surface area contributed by atoms with Crippen molar-refractivity contribution in [2.24, 2.45) is 5.73 Å². The second kappa shape index (κ2) is 5.35. The first kappa shape index (κ1) is 14.7. The van der Waals surface area contributed by atoms with Gasteiger partial charge in [-0.05, 0) is 12.8 Å². The number of piperidine rings is 1. The SMILES string of the molecule is NC1CCN(C(=O)c2c(F)c(F)c(F)c(F)c2F)CC1. The van der Waals surface area contributed by atoms with E-state index >= 15 is 0 Å². The second-order valence-corrected chi connectivity index (χ2v) is 4.57. The van der Waals surface area contributed by atoms with Crippen molar-refractivity contribution in [2.45, 2.75) is 18.9 Å². The Morgan fingerprint density at radius 1 is 0.900 bits per heavy atom. The summed E-state index contributed by atoms with van der Waals surface area (Å²) < 4.78 is 65.9. The van der Waals surface area contributed by atoms with Crippen LogP contribution in [0.3, 0.4) is 0 Å². The highest BCUT2D eigenvalue weighted by atomic mass is 19.2. The molecule has 1 amide bonds. The first-order valence-corrected chi connectivity index (χ1v) is 5.90. The molecule has 1 aromatic rings. The summed E-state index contributed by atoms with van der Waals surface area (Å²) in [6, 6.07) is -0.143. The summed E-state index contributed by atoms with van der Waals surface area (Å²) >= 11 is 0. The number of nitrogens with zero attached hydrogens (tertiary/aromatic N) is 1. The molecular weight excluding hydrogens is 283 g/mol. The van der Waals surface area contributed by atoms with E-state index in [9.17, 15) is 26.7 Å². The van der Waals surface area contributed by atoms with Crippen molar-refractivity contribution in [3.05, 3.63) is 34.6 Å². The molecule has 1 aromatic carbocycles. The number of benzene rings is 1. The lowest BCUT2D eigenvalue weighted by atomic mass is 10.0. The first-order chi connectivity index (χ1) is 9.34. The second-order valence-electron chi connectivity index (χ2n) is 4.57. The molecule has 20 heavy (non-hydrogen) atoms. The molecule has 1 aliphatic heterocycles. The van der Waals surface area contributed by atoms with Gasteiger partial charge in [0.25, 0.3) is 5.91 Å². The Kier molecular flexibility index (Phi) is 3.94. The van der Waals surface area contributed by atoms with Crippen molar-refractivity contribution in [3.63, 3.8) is 0 Å². The number of amides is 1. The molecule has 110 valence electrons. The zero-order chi connectivity index (χ0) is 15.0. The molecule has 1 aliphatic rings. The molecule has 1 fully saturated rings. The predicted molar refractivity (Wildman–Crippen MR) is 59.3 cm³/mol. The quantitative estimate of drug-likeness (QED) is 0.489. The molecule has 0 aromatic heterocycles. The largest absolute Gasteiger partial charge is 0.338 e. The van der Waals surface area contributed by atoms with Crippen molar-refractivity contribution >= 4 is 5.91 Å². The number of hydrogen-bond donors (Lipinski definition) is 1. The minimum atomic E-state index is -2.28. The summed E-state index contributed by atoms with van der Waals surface area (Å²) in [6.45, 7) is 0.221. The predicted octanol–water partition coefficient (Wildman–Crippen LogP) is 1.95. The first-order valence-electron chi connectivity index (χ1n) is 5.90. The average molecular weight is 294 g/mol. The molecule has 3 nitrogen and oxygen atoms in total. The zero-order valence-corrected chi connectivity index (χ0v) is 10.2. The number of hydrogen-bond acceptors (Lipinski definition) is 2. The molecule has 1 saturated heterocycles. The van der Waals surface area contributed by atoms with Crippen LogP contribution in [0.2, 0.25) is 0 Å². The van der Waals surface area contributed by atoms with E-state index < -0.39 is 40.6 Å².